The molecule has 34 heavy (non-hydrogen) atoms. The molecule has 0 bridgehead atoms. The molecule has 1 N–H and O–H groups in total. The molecule has 0 aromatic heterocycles. The largest absolute Gasteiger partial charge is 0.271 e. The third-order valence-corrected chi connectivity index (χ3v) is 7.26. The summed E-state index contributed by atoms with van der Waals surface area (Å²) < 4.78 is 27.8. The van der Waals surface area contributed by atoms with Crippen LogP contribution in [0.2, 0.25) is 10.0 Å². The Balaban J connectivity index is 1.83. The molecule has 9 heteroatoms. The van der Waals surface area contributed by atoms with Crippen molar-refractivity contribution >= 4 is 51.0 Å². The molecule has 1 amide bonds. The molecule has 6 nitrogen and oxygen atoms in total. The summed E-state index contributed by atoms with van der Waals surface area (Å²) in [4.78, 5) is 12.7. The Labute approximate surface area is 210 Å². The highest BCUT2D eigenvalue weighted by Crippen LogP contribution is 2.29. The molecule has 0 fully saturated rings. The van der Waals surface area contributed by atoms with Crippen molar-refractivity contribution in [1.82, 2.24) is 5.43 Å². The van der Waals surface area contributed by atoms with Crippen molar-refractivity contribution < 1.29 is 13.2 Å². The smallest absolute Gasteiger partial charge is 0.264 e. The van der Waals surface area contributed by atoms with Crippen molar-refractivity contribution in [2.24, 2.45) is 5.10 Å². The molecule has 0 heterocycles. The fraction of sp³-hybridized carbons (Fsp3) is 0.200. The number of amides is 1. The van der Waals surface area contributed by atoms with Crippen molar-refractivity contribution in [2.45, 2.75) is 31.6 Å². The lowest BCUT2D eigenvalue weighted by Gasteiger charge is -2.24. The molecule has 0 aliphatic carbocycles. The van der Waals surface area contributed by atoms with E-state index in [9.17, 15) is 13.2 Å². The van der Waals surface area contributed by atoms with Gasteiger partial charge in [-0.1, -0.05) is 79.0 Å². The number of aryl methyl sites for hydroxylation is 1. The lowest BCUT2D eigenvalue weighted by molar-refractivity contribution is -0.119. The molecule has 0 aliphatic rings. The average molecular weight is 518 g/mol. The van der Waals surface area contributed by atoms with Crippen LogP contribution in [0.3, 0.4) is 0 Å². The number of nitrogens with one attached hydrogen (secondary N) is 1. The number of carbonyl (C=O) groups is 1. The first kappa shape index (κ1) is 25.7. The van der Waals surface area contributed by atoms with E-state index < -0.39 is 22.5 Å². The van der Waals surface area contributed by atoms with Crippen molar-refractivity contribution in [2.75, 3.05) is 10.8 Å². The van der Waals surface area contributed by atoms with E-state index in [1.54, 1.807) is 12.1 Å². The van der Waals surface area contributed by atoms with E-state index in [1.807, 2.05) is 31.2 Å². The first-order chi connectivity index (χ1) is 16.1. The van der Waals surface area contributed by atoms with E-state index in [4.69, 9.17) is 23.2 Å². The van der Waals surface area contributed by atoms with Crippen LogP contribution in [0.4, 0.5) is 5.69 Å². The standard InChI is InChI=1S/C25H25Cl2N3O3S/c1-17(2)20-8-6-19(7-9-20)15-28-29-25(31)16-30(23-13-21(26)12-22(27)14-23)34(32,33)24-10-4-18(3)5-11-24/h4-15,17H,16H2,1-3H3,(H,29,31)/b28-15-. The molecule has 0 aliphatic heterocycles. The maximum Gasteiger partial charge on any atom is 0.264 e. The maximum absolute atomic E-state index is 13.4. The van der Waals surface area contributed by atoms with Crippen LogP contribution >= 0.6 is 23.2 Å². The van der Waals surface area contributed by atoms with Crippen LogP contribution in [-0.4, -0.2) is 27.1 Å². The number of sulfonamides is 1. The zero-order chi connectivity index (χ0) is 24.9. The second kappa shape index (κ2) is 11.0. The van der Waals surface area contributed by atoms with Gasteiger partial charge in [0.2, 0.25) is 0 Å². The molecule has 0 atom stereocenters. The van der Waals surface area contributed by atoms with Crippen LogP contribution in [0.5, 0.6) is 0 Å². The van der Waals surface area contributed by atoms with E-state index in [0.717, 1.165) is 15.4 Å². The monoisotopic (exact) mass is 517 g/mol. The Morgan fingerprint density at radius 1 is 1.00 bits per heavy atom. The van der Waals surface area contributed by atoms with Gasteiger partial charge in [-0.05, 0) is 54.3 Å². The second-order valence-corrected chi connectivity index (χ2v) is 10.8. The van der Waals surface area contributed by atoms with Gasteiger partial charge < -0.3 is 0 Å². The van der Waals surface area contributed by atoms with Gasteiger partial charge in [0, 0.05) is 10.0 Å². The van der Waals surface area contributed by atoms with Gasteiger partial charge >= 0.3 is 0 Å². The Bertz CT molecular complexity index is 1270. The second-order valence-electron chi connectivity index (χ2n) is 8.07. The van der Waals surface area contributed by atoms with E-state index in [2.05, 4.69) is 24.4 Å². The van der Waals surface area contributed by atoms with Gasteiger partial charge in [-0.3, -0.25) is 9.10 Å². The molecule has 3 aromatic carbocycles. The average Bonchev–Trinajstić information content (AvgIpc) is 2.77. The minimum absolute atomic E-state index is 0.0377. The summed E-state index contributed by atoms with van der Waals surface area (Å²) in [6, 6.07) is 18.5. The number of halogens is 2. The van der Waals surface area contributed by atoms with Gasteiger partial charge in [-0.2, -0.15) is 5.10 Å². The third kappa shape index (κ3) is 6.59. The Kier molecular flexibility index (Phi) is 8.36. The Morgan fingerprint density at radius 3 is 2.15 bits per heavy atom. The summed E-state index contributed by atoms with van der Waals surface area (Å²) in [5.41, 5.74) is 5.46. The van der Waals surface area contributed by atoms with Crippen LogP contribution in [-0.2, 0) is 14.8 Å². The van der Waals surface area contributed by atoms with Gasteiger partial charge in [0.05, 0.1) is 16.8 Å². The molecule has 3 rings (SSSR count). The van der Waals surface area contributed by atoms with Crippen LogP contribution < -0.4 is 9.73 Å². The lowest BCUT2D eigenvalue weighted by atomic mass is 10.0. The highest BCUT2D eigenvalue weighted by molar-refractivity contribution is 7.92. The fourth-order valence-corrected chi connectivity index (χ4v) is 5.07. The Morgan fingerprint density at radius 2 is 1.59 bits per heavy atom. The maximum atomic E-state index is 13.4. The summed E-state index contributed by atoms with van der Waals surface area (Å²) in [7, 11) is -4.09. The molecule has 0 spiro atoms. The molecular weight excluding hydrogens is 493 g/mol. The first-order valence-electron chi connectivity index (χ1n) is 10.5. The first-order valence-corrected chi connectivity index (χ1v) is 12.7. The highest BCUT2D eigenvalue weighted by Gasteiger charge is 2.27. The molecule has 178 valence electrons. The Hall–Kier alpha value is -2.87. The molecule has 0 radical (unpaired) electrons. The zero-order valence-electron chi connectivity index (χ0n) is 19.0. The van der Waals surface area contributed by atoms with Crippen LogP contribution in [0.25, 0.3) is 0 Å². The highest BCUT2D eigenvalue weighted by atomic mass is 35.5. The van der Waals surface area contributed by atoms with Gasteiger partial charge in [0.1, 0.15) is 6.54 Å². The summed E-state index contributed by atoms with van der Waals surface area (Å²) in [5.74, 6) is -0.214. The fourth-order valence-electron chi connectivity index (χ4n) is 3.15. The number of hydrazone groups is 1. The van der Waals surface area contributed by atoms with E-state index in [0.29, 0.717) is 5.92 Å². The van der Waals surface area contributed by atoms with Gasteiger partial charge in [-0.15, -0.1) is 0 Å². The van der Waals surface area contributed by atoms with E-state index in [1.165, 1.54) is 42.1 Å². The predicted octanol–water partition coefficient (Wildman–Crippen LogP) is 5.77. The minimum atomic E-state index is -4.09. The lowest BCUT2D eigenvalue weighted by Crippen LogP contribution is -2.39. The quantitative estimate of drug-likeness (QED) is 0.304. The minimum Gasteiger partial charge on any atom is -0.271 e. The topological polar surface area (TPSA) is 78.8 Å². The van der Waals surface area contributed by atoms with Crippen molar-refractivity contribution in [3.63, 3.8) is 0 Å². The van der Waals surface area contributed by atoms with E-state index in [-0.39, 0.29) is 20.6 Å². The summed E-state index contributed by atoms with van der Waals surface area (Å²) in [6.45, 7) is 5.54. The van der Waals surface area contributed by atoms with Crippen molar-refractivity contribution in [3.05, 3.63) is 93.5 Å². The van der Waals surface area contributed by atoms with Crippen LogP contribution in [0, 0.1) is 6.92 Å². The zero-order valence-corrected chi connectivity index (χ0v) is 21.3. The number of carbonyl (C=O) groups excluding carboxylic acids is 1. The van der Waals surface area contributed by atoms with Crippen molar-refractivity contribution in [1.29, 1.82) is 0 Å². The van der Waals surface area contributed by atoms with Crippen molar-refractivity contribution in [3.8, 4) is 0 Å². The van der Waals surface area contributed by atoms with Crippen LogP contribution in [0.1, 0.15) is 36.5 Å². The summed E-state index contributed by atoms with van der Waals surface area (Å²) >= 11 is 12.2. The number of rotatable bonds is 8. The molecule has 3 aromatic rings. The van der Waals surface area contributed by atoms with Gasteiger partial charge in [0.15, 0.2) is 0 Å². The SMILES string of the molecule is Cc1ccc(S(=O)(=O)N(CC(=O)N/N=C\c2ccc(C(C)C)cc2)c2cc(Cl)cc(Cl)c2)cc1. The molecule has 0 saturated heterocycles. The summed E-state index contributed by atoms with van der Waals surface area (Å²) in [5, 5.41) is 4.46. The number of benzene rings is 3. The van der Waals surface area contributed by atoms with E-state index >= 15 is 0 Å². The molecule has 0 saturated carbocycles. The van der Waals surface area contributed by atoms with Crippen LogP contribution in [0.15, 0.2) is 76.7 Å². The normalized spacial score (nSPS) is 11.7. The molecular formula is C25H25Cl2N3O3S. The predicted molar refractivity (Wildman–Crippen MR) is 138 cm³/mol. The molecule has 0 unspecified atom stereocenters. The third-order valence-electron chi connectivity index (χ3n) is 5.04. The van der Waals surface area contributed by atoms with Gasteiger partial charge in [0.25, 0.3) is 15.9 Å². The summed E-state index contributed by atoms with van der Waals surface area (Å²) in [6.07, 6.45) is 1.50. The van der Waals surface area contributed by atoms with Gasteiger partial charge in [-0.25, -0.2) is 13.8 Å². The number of hydrogen-bond acceptors (Lipinski definition) is 4. The number of nitrogens with zero attached hydrogens (tertiary/aromatic N) is 2. The number of hydrogen-bond donors (Lipinski definition) is 1. The number of anilines is 1.